The van der Waals surface area contributed by atoms with Crippen LogP contribution in [0, 0.1) is 26.7 Å². The number of fused-ring (bicyclic) bond motifs is 1. The summed E-state index contributed by atoms with van der Waals surface area (Å²) in [6.07, 6.45) is 3.27. The number of thiazole rings is 1. The number of pyridine rings is 1. The van der Waals surface area contributed by atoms with Gasteiger partial charge in [-0.3, -0.25) is 20.1 Å². The number of hydrogen-bond donors (Lipinski definition) is 3. The maximum Gasteiger partial charge on any atom is 0.329 e. The molecular weight excluding hydrogens is 459 g/mol. The molecule has 0 aromatic carbocycles. The van der Waals surface area contributed by atoms with Crippen molar-refractivity contribution in [1.29, 1.82) is 0 Å². The van der Waals surface area contributed by atoms with Crippen LogP contribution >= 0.6 is 11.3 Å². The topological polar surface area (TPSA) is 133 Å². The van der Waals surface area contributed by atoms with Gasteiger partial charge < -0.3 is 15.2 Å². The highest BCUT2D eigenvalue weighted by molar-refractivity contribution is 7.15. The second-order valence-corrected chi connectivity index (χ2v) is 9.65. The van der Waals surface area contributed by atoms with Crippen LogP contribution in [0.2, 0.25) is 0 Å². The van der Waals surface area contributed by atoms with Gasteiger partial charge >= 0.3 is 5.13 Å². The van der Waals surface area contributed by atoms with Gasteiger partial charge in [0.05, 0.1) is 28.0 Å². The van der Waals surface area contributed by atoms with E-state index < -0.39 is 23.5 Å². The van der Waals surface area contributed by atoms with E-state index in [4.69, 9.17) is 5.73 Å². The molecule has 0 spiro atoms. The van der Waals surface area contributed by atoms with Gasteiger partial charge in [-0.1, -0.05) is 11.3 Å². The van der Waals surface area contributed by atoms with Crippen LogP contribution in [0.3, 0.4) is 0 Å². The summed E-state index contributed by atoms with van der Waals surface area (Å²) in [5.74, 6) is -2.50. The Morgan fingerprint density at radius 3 is 2.74 bits per heavy atom. The predicted octanol–water partition coefficient (Wildman–Crippen LogP) is 2.05. The third-order valence-corrected chi connectivity index (χ3v) is 7.19. The number of aromatic amines is 1. The van der Waals surface area contributed by atoms with E-state index in [0.29, 0.717) is 40.5 Å². The fourth-order valence-corrected chi connectivity index (χ4v) is 5.39. The van der Waals surface area contributed by atoms with E-state index in [1.807, 2.05) is 0 Å². The van der Waals surface area contributed by atoms with E-state index in [1.54, 1.807) is 32.4 Å². The maximum atomic E-state index is 13.4. The Bertz CT molecular complexity index is 1330. The summed E-state index contributed by atoms with van der Waals surface area (Å²) in [4.78, 5) is 46.7. The number of nitrogens with one attached hydrogen (secondary N) is 3. The van der Waals surface area contributed by atoms with Crippen LogP contribution in [0.15, 0.2) is 12.3 Å². The number of carbonyl (C=O) groups excluding carboxylic acids is 3. The lowest BCUT2D eigenvalue weighted by Crippen LogP contribution is -2.43. The molecule has 1 aliphatic carbocycles. The number of halogens is 1. The molecule has 4 rings (SSSR count). The largest absolute Gasteiger partial charge is 0.346 e. The first-order valence-electron chi connectivity index (χ1n) is 10.8. The maximum absolute atomic E-state index is 13.4. The van der Waals surface area contributed by atoms with Gasteiger partial charge in [-0.2, -0.15) is 4.39 Å². The predicted molar refractivity (Wildman–Crippen MR) is 125 cm³/mol. The number of amides is 2. The summed E-state index contributed by atoms with van der Waals surface area (Å²) >= 11 is 1.45. The molecule has 0 saturated carbocycles. The minimum Gasteiger partial charge on any atom is -0.346 e. The summed E-state index contributed by atoms with van der Waals surface area (Å²) in [5, 5.41) is 6.15. The average molecular weight is 486 g/mol. The number of aryl methyl sites for hydroxylation is 2. The third kappa shape index (κ3) is 4.30. The van der Waals surface area contributed by atoms with Gasteiger partial charge in [0.2, 0.25) is 5.95 Å². The number of rotatable bonds is 5. The highest BCUT2D eigenvalue weighted by Crippen LogP contribution is 2.26. The van der Waals surface area contributed by atoms with Crippen molar-refractivity contribution in [2.24, 2.45) is 7.05 Å². The Morgan fingerprint density at radius 2 is 2.03 bits per heavy atom. The zero-order valence-electron chi connectivity index (χ0n) is 19.3. The van der Waals surface area contributed by atoms with Crippen molar-refractivity contribution in [1.82, 2.24) is 14.9 Å². The van der Waals surface area contributed by atoms with Crippen LogP contribution in [0.1, 0.15) is 54.7 Å². The zero-order chi connectivity index (χ0) is 24.7. The fraction of sp³-hybridized carbons (Fsp3) is 0.348. The highest BCUT2D eigenvalue weighted by atomic mass is 32.1. The number of H-pyrrole nitrogens is 1. The van der Waals surface area contributed by atoms with Crippen LogP contribution < -0.4 is 21.4 Å². The quantitative estimate of drug-likeness (QED) is 0.289. The summed E-state index contributed by atoms with van der Waals surface area (Å²) in [7, 11) is 1.64. The van der Waals surface area contributed by atoms with Crippen molar-refractivity contribution in [2.75, 3.05) is 11.1 Å². The molecule has 5 N–H and O–H groups in total. The average Bonchev–Trinajstić information content (AvgIpc) is 3.25. The van der Waals surface area contributed by atoms with Gasteiger partial charge in [-0.05, 0) is 38.8 Å². The van der Waals surface area contributed by atoms with E-state index in [9.17, 15) is 18.8 Å². The van der Waals surface area contributed by atoms with Crippen molar-refractivity contribution in [2.45, 2.75) is 46.1 Å². The third-order valence-electron chi connectivity index (χ3n) is 6.20. The molecule has 1 aliphatic rings. The number of carbonyl (C=O) groups is 3. The van der Waals surface area contributed by atoms with E-state index in [1.165, 1.54) is 23.6 Å². The molecule has 0 fully saturated rings. The van der Waals surface area contributed by atoms with Crippen molar-refractivity contribution in [3.8, 4) is 0 Å². The number of aromatic nitrogens is 3. The SMILES string of the molecule is Cc1cc(NC(=O)c2c(C)c(C(=O)C(=O)NC3CCc4[nH+]c(N)sc4C3)n(C)c2C)cnc1F. The molecule has 2 amide bonds. The highest BCUT2D eigenvalue weighted by Gasteiger charge is 2.31. The van der Waals surface area contributed by atoms with Gasteiger partial charge in [0.25, 0.3) is 17.6 Å². The Kier molecular flexibility index (Phi) is 6.22. The van der Waals surface area contributed by atoms with Gasteiger partial charge in [0, 0.05) is 37.2 Å². The molecule has 34 heavy (non-hydrogen) atoms. The van der Waals surface area contributed by atoms with Crippen molar-refractivity contribution >= 4 is 39.8 Å². The standard InChI is InChI=1S/C23H25FN6O3S/c1-10-7-14(9-26-20(10)24)28-21(32)17-11(2)18(30(4)12(17)3)19(31)22(33)27-13-5-6-15-16(8-13)34-23(25)29-15/h7,9,13H,5-6,8H2,1-4H3,(H2,25,29)(H,27,33)(H,28,32)/p+1. The van der Waals surface area contributed by atoms with Crippen LogP contribution in [0.5, 0.6) is 0 Å². The number of Topliss-reactive ketones (excluding diaryl/α,β-unsaturated/α-hetero) is 1. The molecule has 0 saturated heterocycles. The Labute approximate surface area is 199 Å². The van der Waals surface area contributed by atoms with Crippen LogP contribution in [-0.2, 0) is 24.7 Å². The molecule has 0 radical (unpaired) electrons. The van der Waals surface area contributed by atoms with Crippen molar-refractivity contribution in [3.05, 3.63) is 56.9 Å². The lowest BCUT2D eigenvalue weighted by molar-refractivity contribution is -0.368. The van der Waals surface area contributed by atoms with Crippen LogP contribution in [0.4, 0.5) is 15.2 Å². The van der Waals surface area contributed by atoms with Gasteiger partial charge in [-0.25, -0.2) is 9.97 Å². The smallest absolute Gasteiger partial charge is 0.329 e. The number of nitrogens with two attached hydrogens (primary N) is 1. The van der Waals surface area contributed by atoms with Gasteiger partial charge in [0.1, 0.15) is 5.69 Å². The van der Waals surface area contributed by atoms with Gasteiger partial charge in [0.15, 0.2) is 0 Å². The number of hydrogen-bond acceptors (Lipinski definition) is 6. The molecule has 3 heterocycles. The molecule has 9 nitrogen and oxygen atoms in total. The van der Waals surface area contributed by atoms with Crippen molar-refractivity contribution < 1.29 is 23.8 Å². The molecule has 0 aliphatic heterocycles. The monoisotopic (exact) mass is 485 g/mol. The molecule has 0 bridgehead atoms. The molecule has 1 unspecified atom stereocenters. The van der Waals surface area contributed by atoms with E-state index in [2.05, 4.69) is 20.6 Å². The normalized spacial score (nSPS) is 15.0. The van der Waals surface area contributed by atoms with E-state index in [-0.39, 0.29) is 17.3 Å². The summed E-state index contributed by atoms with van der Waals surface area (Å²) in [6, 6.07) is 1.30. The lowest BCUT2D eigenvalue weighted by Gasteiger charge is -2.21. The number of nitrogens with zero attached hydrogens (tertiary/aromatic N) is 2. The summed E-state index contributed by atoms with van der Waals surface area (Å²) < 4.78 is 15.0. The van der Waals surface area contributed by atoms with E-state index in [0.717, 1.165) is 17.0 Å². The van der Waals surface area contributed by atoms with E-state index >= 15 is 0 Å². The first-order chi connectivity index (χ1) is 16.1. The second kappa shape index (κ2) is 8.98. The minimum absolute atomic E-state index is 0.152. The molecule has 1 atom stereocenters. The molecule has 3 aromatic rings. The van der Waals surface area contributed by atoms with Gasteiger partial charge in [-0.15, -0.1) is 0 Å². The zero-order valence-corrected chi connectivity index (χ0v) is 20.2. The first-order valence-corrected chi connectivity index (χ1v) is 11.6. The number of nitrogen functional groups attached to an aromatic ring is 1. The minimum atomic E-state index is -0.712. The number of anilines is 2. The summed E-state index contributed by atoms with van der Waals surface area (Å²) in [5.41, 5.74) is 8.91. The molecule has 11 heteroatoms. The lowest BCUT2D eigenvalue weighted by atomic mass is 9.97. The molecule has 3 aromatic heterocycles. The number of ketones is 1. The molecule has 178 valence electrons. The molecular formula is C23H26FN6O3S+. The van der Waals surface area contributed by atoms with Crippen molar-refractivity contribution in [3.63, 3.8) is 0 Å². The van der Waals surface area contributed by atoms with Crippen LogP contribution in [0.25, 0.3) is 0 Å². The van der Waals surface area contributed by atoms with Crippen LogP contribution in [-0.4, -0.2) is 33.2 Å². The first kappa shape index (κ1) is 23.6. The Balaban J connectivity index is 1.52. The summed E-state index contributed by atoms with van der Waals surface area (Å²) in [6.45, 7) is 4.88. The second-order valence-electron chi connectivity index (χ2n) is 8.51. The Hall–Kier alpha value is -3.60. The Morgan fingerprint density at radius 1 is 1.29 bits per heavy atom. The fourth-order valence-electron chi connectivity index (χ4n) is 4.39.